The smallest absolute Gasteiger partial charge is 0.409 e. The number of rotatable bonds is 17. The van der Waals surface area contributed by atoms with Crippen LogP contribution in [-0.4, -0.2) is 152 Å². The number of unbranched alkanes of at least 4 members (excludes halogenated alkanes) is 2. The molecule has 3 fully saturated rings. The summed E-state index contributed by atoms with van der Waals surface area (Å²) in [5.41, 5.74) is 10.7. The van der Waals surface area contributed by atoms with Crippen LogP contribution < -0.4 is 14.7 Å². The fourth-order valence-electron chi connectivity index (χ4n) is 15.9. The molecule has 3 aromatic carbocycles. The molecule has 6 aromatic rings. The number of H-pyrrole nitrogens is 1. The highest BCUT2D eigenvalue weighted by Crippen LogP contribution is 2.51. The van der Waals surface area contributed by atoms with Gasteiger partial charge in [-0.25, -0.2) is 29.3 Å². The van der Waals surface area contributed by atoms with Crippen molar-refractivity contribution >= 4 is 53.1 Å². The number of aromatic amines is 1. The minimum atomic E-state index is -0.714. The van der Waals surface area contributed by atoms with Crippen LogP contribution in [-0.2, 0) is 116 Å². The summed E-state index contributed by atoms with van der Waals surface area (Å²) in [6, 6.07) is 23.6. The first-order chi connectivity index (χ1) is 45.8. The third kappa shape index (κ3) is 11.4. The first-order valence-corrected chi connectivity index (χ1v) is 34.1. The van der Waals surface area contributed by atoms with Crippen molar-refractivity contribution in [2.24, 2.45) is 0 Å². The lowest BCUT2D eigenvalue weighted by molar-refractivity contribution is -0.129. The second kappa shape index (κ2) is 27.0. The number of halogens is 2. The number of para-hydroxylation sites is 3. The Hall–Kier alpha value is -8.63. The molecule has 0 unspecified atom stereocenters. The molecule has 9 heterocycles. The molecule has 9 aliphatic rings. The Balaban J connectivity index is 0.000000129. The Labute approximate surface area is 547 Å². The number of alkyl halides is 2. The number of carbonyl (C=O) groups is 6. The molecule has 0 bridgehead atoms. The van der Waals surface area contributed by atoms with Crippen LogP contribution in [0.3, 0.4) is 0 Å². The zero-order valence-electron chi connectivity index (χ0n) is 54.4. The second-order valence-corrected chi connectivity index (χ2v) is 26.3. The number of anilines is 3. The quantitative estimate of drug-likeness (QED) is 0.0667. The van der Waals surface area contributed by atoms with Gasteiger partial charge in [-0.1, -0.05) is 54.6 Å². The van der Waals surface area contributed by atoms with Crippen molar-refractivity contribution < 1.29 is 51.8 Å². The molecular weight excluding hydrogens is 1200 g/mol. The van der Waals surface area contributed by atoms with E-state index in [1.807, 2.05) is 87.5 Å². The molecule has 0 atom stereocenters. The van der Waals surface area contributed by atoms with Gasteiger partial charge in [-0.2, -0.15) is 0 Å². The highest BCUT2D eigenvalue weighted by Gasteiger charge is 2.62. The fourth-order valence-corrected chi connectivity index (χ4v) is 15.9. The van der Waals surface area contributed by atoms with Gasteiger partial charge in [0.25, 0.3) is 0 Å². The van der Waals surface area contributed by atoms with Gasteiger partial charge in [0.2, 0.25) is 17.7 Å². The topological polar surface area (TPSA) is 214 Å². The molecule has 0 saturated carbocycles. The van der Waals surface area contributed by atoms with Crippen molar-refractivity contribution in [1.82, 2.24) is 43.8 Å². The van der Waals surface area contributed by atoms with Crippen LogP contribution in [0.1, 0.15) is 153 Å². The second-order valence-electron chi connectivity index (χ2n) is 26.3. The minimum Gasteiger partial charge on any atom is -0.450 e. The van der Waals surface area contributed by atoms with Crippen molar-refractivity contribution in [3.63, 3.8) is 0 Å². The van der Waals surface area contributed by atoms with E-state index in [0.717, 1.165) is 158 Å². The summed E-state index contributed by atoms with van der Waals surface area (Å²) in [5.74, 6) is 2.67. The first kappa shape index (κ1) is 64.1. The van der Waals surface area contributed by atoms with Crippen molar-refractivity contribution in [3.05, 3.63) is 141 Å². The van der Waals surface area contributed by atoms with Gasteiger partial charge in [0, 0.05) is 86.5 Å². The monoisotopic (exact) mass is 1290 g/mol. The summed E-state index contributed by atoms with van der Waals surface area (Å²) in [7, 11) is 0. The molecule has 1 N–H and O–H groups in total. The maximum atomic E-state index is 13.8. The third-order valence-corrected chi connectivity index (χ3v) is 20.5. The molecule has 498 valence electrons. The van der Waals surface area contributed by atoms with E-state index in [-0.39, 0.29) is 49.4 Å². The molecule has 3 spiro atoms. The molecule has 0 radical (unpaired) electrons. The maximum Gasteiger partial charge on any atom is 0.409 e. The Morgan fingerprint density at radius 3 is 1.18 bits per heavy atom. The predicted molar refractivity (Wildman–Crippen MR) is 347 cm³/mol. The number of ether oxygens (including phenoxy) is 3. The van der Waals surface area contributed by atoms with Gasteiger partial charge in [-0.15, -0.1) is 0 Å². The summed E-state index contributed by atoms with van der Waals surface area (Å²) in [5, 5.41) is 0. The summed E-state index contributed by atoms with van der Waals surface area (Å²) in [4.78, 5) is 106. The van der Waals surface area contributed by atoms with Crippen molar-refractivity contribution in [3.8, 4) is 0 Å². The number of amides is 6. The molecule has 15 rings (SSSR count). The largest absolute Gasteiger partial charge is 0.450 e. The van der Waals surface area contributed by atoms with E-state index in [4.69, 9.17) is 29.2 Å². The standard InChI is InChI=1S/2C25H31FN4O3.C21H24N4O3/c2*1-2-33-24(32)28-16-25(17-28)18-9-3-5-11-20(18)30(23(25)31)15-22-27-19-10-4-6-12-21(19)29(22)14-8-7-13-26;1-2-28-20(27)24-12-21(13-24)14-7-3-6-10-17(14)25(19(21)26)11-18-22-15-8-4-5-9-16(15)23-18/h2*3,5,9,11H,2,4,6-8,10,12-17H2,1H3;3,6-7,10H,2,4-5,8-9,11-13H2,1H3,(H,22,23). The van der Waals surface area contributed by atoms with Gasteiger partial charge in [-0.05, 0) is 158 Å². The number of aryl methyl sites for hydroxylation is 4. The number of hydrogen-bond donors (Lipinski definition) is 1. The maximum absolute atomic E-state index is 13.8. The van der Waals surface area contributed by atoms with Crippen LogP contribution in [0.15, 0.2) is 72.8 Å². The normalized spacial score (nSPS) is 18.6. The summed E-state index contributed by atoms with van der Waals surface area (Å²) >= 11 is 0. The van der Waals surface area contributed by atoms with Crippen LogP contribution >= 0.6 is 0 Å². The molecule has 3 aliphatic carbocycles. The number of benzene rings is 3. The molecule has 94 heavy (non-hydrogen) atoms. The summed E-state index contributed by atoms with van der Waals surface area (Å²) in [6.45, 7) is 10.4. The van der Waals surface area contributed by atoms with Crippen LogP contribution in [0.5, 0.6) is 0 Å². The highest BCUT2D eigenvalue weighted by atomic mass is 19.1. The predicted octanol–water partition coefficient (Wildman–Crippen LogP) is 10.1. The molecule has 6 amide bonds. The van der Waals surface area contributed by atoms with Crippen LogP contribution in [0.2, 0.25) is 0 Å². The number of nitrogens with zero attached hydrogens (tertiary/aromatic N) is 11. The van der Waals surface area contributed by atoms with E-state index in [0.29, 0.717) is 91.6 Å². The molecule has 3 saturated heterocycles. The van der Waals surface area contributed by atoms with Gasteiger partial charge in [0.05, 0.1) is 69.9 Å². The number of nitrogens with one attached hydrogen (secondary N) is 1. The average Bonchev–Trinajstić information content (AvgIpc) is 1.55. The van der Waals surface area contributed by atoms with E-state index in [9.17, 15) is 37.5 Å². The highest BCUT2D eigenvalue weighted by molar-refractivity contribution is 6.11. The van der Waals surface area contributed by atoms with Gasteiger partial charge < -0.3 is 57.7 Å². The number of imidazole rings is 3. The SMILES string of the molecule is CCOC(=O)N1CC2(C1)C(=O)N(Cc1nc3c([nH]1)CCCC3)c1ccccc12.CCOC(=O)N1CC2(C1)C(=O)N(Cc1nc3c(n1CCCCF)CCCC3)c1ccccc12.CCOC(=O)N1CC2(C1)C(=O)N(Cc1nc3c(n1CCCCF)CCCC3)c1ccccc12. The van der Waals surface area contributed by atoms with Crippen molar-refractivity contribution in [2.75, 3.05) is 87.1 Å². The van der Waals surface area contributed by atoms with Gasteiger partial charge >= 0.3 is 18.3 Å². The number of hydrogen-bond acceptors (Lipinski definition) is 12. The zero-order valence-corrected chi connectivity index (χ0v) is 54.4. The van der Waals surface area contributed by atoms with Crippen LogP contribution in [0, 0.1) is 0 Å². The van der Waals surface area contributed by atoms with Crippen molar-refractivity contribution in [1.29, 1.82) is 0 Å². The summed E-state index contributed by atoms with van der Waals surface area (Å²) in [6.07, 6.45) is 14.3. The van der Waals surface area contributed by atoms with E-state index in [1.165, 1.54) is 29.9 Å². The van der Waals surface area contributed by atoms with Gasteiger partial charge in [-0.3, -0.25) is 23.2 Å². The molecule has 23 heteroatoms. The Bertz CT molecular complexity index is 3650. The zero-order chi connectivity index (χ0) is 65.3. The van der Waals surface area contributed by atoms with E-state index < -0.39 is 16.2 Å². The molecular formula is C71H86F2N12O9. The van der Waals surface area contributed by atoms with Crippen LogP contribution in [0.4, 0.5) is 40.2 Å². The van der Waals surface area contributed by atoms with Gasteiger partial charge in [0.1, 0.15) is 33.7 Å². The number of likely N-dealkylation sites (tertiary alicyclic amines) is 3. The van der Waals surface area contributed by atoms with Crippen molar-refractivity contribution in [2.45, 2.75) is 172 Å². The van der Waals surface area contributed by atoms with E-state index >= 15 is 0 Å². The number of fused-ring (bicyclic) bond motifs is 9. The average molecular weight is 1290 g/mol. The van der Waals surface area contributed by atoms with E-state index in [1.54, 1.807) is 35.5 Å². The Kier molecular flexibility index (Phi) is 18.4. The third-order valence-electron chi connectivity index (χ3n) is 20.5. The fraction of sp³-hybridized carbons (Fsp3) is 0.535. The van der Waals surface area contributed by atoms with Gasteiger partial charge in [0.15, 0.2) is 0 Å². The lowest BCUT2D eigenvalue weighted by atomic mass is 9.75. The van der Waals surface area contributed by atoms with Crippen LogP contribution in [0.25, 0.3) is 0 Å². The molecule has 6 aliphatic heterocycles. The molecule has 21 nitrogen and oxygen atoms in total. The minimum absolute atomic E-state index is 0.0144. The number of aromatic nitrogens is 6. The first-order valence-electron chi connectivity index (χ1n) is 34.1. The summed E-state index contributed by atoms with van der Waals surface area (Å²) < 4.78 is 45.3. The Morgan fingerprint density at radius 1 is 0.457 bits per heavy atom. The lowest BCUT2D eigenvalue weighted by Crippen LogP contribution is -2.65. The molecule has 3 aromatic heterocycles. The van der Waals surface area contributed by atoms with E-state index in [2.05, 4.69) is 14.1 Å². The lowest BCUT2D eigenvalue weighted by Gasteiger charge is -2.45. The Morgan fingerprint density at radius 2 is 0.809 bits per heavy atom. The number of carbonyl (C=O) groups excluding carboxylic acids is 6.